The van der Waals surface area contributed by atoms with Crippen molar-refractivity contribution >= 4 is 11.8 Å². The number of nitrogens with zero attached hydrogens (tertiary/aromatic N) is 5. The topological polar surface area (TPSA) is 91.6 Å². The molecule has 0 unspecified atom stereocenters. The van der Waals surface area contributed by atoms with E-state index < -0.39 is 29.6 Å². The van der Waals surface area contributed by atoms with Crippen molar-refractivity contribution in [2.75, 3.05) is 19.6 Å². The molecule has 1 atom stereocenters. The first-order valence-corrected chi connectivity index (χ1v) is 12.7. The third-order valence-corrected chi connectivity index (χ3v) is 7.34. The van der Waals surface area contributed by atoms with E-state index in [4.69, 9.17) is 5.10 Å². The van der Waals surface area contributed by atoms with Gasteiger partial charge in [0.1, 0.15) is 5.75 Å². The summed E-state index contributed by atoms with van der Waals surface area (Å²) in [5.41, 5.74) is 2.98. The number of hydrogen-bond donors (Lipinski definition) is 1. The normalized spacial score (nSPS) is 17.1. The quantitative estimate of drug-likeness (QED) is 0.496. The number of halogens is 3. The Labute approximate surface area is 223 Å². The van der Waals surface area contributed by atoms with Crippen molar-refractivity contribution in [2.45, 2.75) is 44.8 Å². The summed E-state index contributed by atoms with van der Waals surface area (Å²) < 4.78 is 41.2. The van der Waals surface area contributed by atoms with Crippen molar-refractivity contribution in [1.82, 2.24) is 24.6 Å². The largest absolute Gasteiger partial charge is 0.506 e. The minimum absolute atomic E-state index is 0.173. The molecule has 0 radical (unpaired) electrons. The maximum Gasteiger partial charge on any atom is 0.437 e. The van der Waals surface area contributed by atoms with Gasteiger partial charge in [0, 0.05) is 44.2 Å². The summed E-state index contributed by atoms with van der Waals surface area (Å²) in [6, 6.07) is 8.34. The zero-order valence-corrected chi connectivity index (χ0v) is 21.6. The van der Waals surface area contributed by atoms with Crippen LogP contribution in [-0.2, 0) is 23.8 Å². The van der Waals surface area contributed by atoms with Gasteiger partial charge >= 0.3 is 6.18 Å². The molecule has 0 fully saturated rings. The van der Waals surface area contributed by atoms with Crippen LogP contribution in [0.5, 0.6) is 5.75 Å². The van der Waals surface area contributed by atoms with Crippen molar-refractivity contribution in [2.24, 2.45) is 0 Å². The number of benzene rings is 1. The lowest BCUT2D eigenvalue weighted by atomic mass is 9.94. The monoisotopic (exact) mass is 539 g/mol. The second kappa shape index (κ2) is 9.87. The third-order valence-electron chi connectivity index (χ3n) is 7.34. The average Bonchev–Trinajstić information content (AvgIpc) is 3.17. The zero-order valence-electron chi connectivity index (χ0n) is 21.6. The van der Waals surface area contributed by atoms with E-state index in [1.54, 1.807) is 4.90 Å². The predicted molar refractivity (Wildman–Crippen MR) is 137 cm³/mol. The third kappa shape index (κ3) is 4.77. The smallest absolute Gasteiger partial charge is 0.437 e. The van der Waals surface area contributed by atoms with E-state index in [1.807, 2.05) is 16.8 Å². The van der Waals surface area contributed by atoms with Crippen LogP contribution in [-0.4, -0.2) is 61.1 Å². The number of pyridine rings is 1. The van der Waals surface area contributed by atoms with Gasteiger partial charge in [0.25, 0.3) is 5.91 Å². The molecule has 8 nitrogen and oxygen atoms in total. The molecule has 5 rings (SSSR count). The molecule has 0 bridgehead atoms. The molecule has 1 N–H and O–H groups in total. The van der Waals surface area contributed by atoms with Crippen LogP contribution in [0.3, 0.4) is 0 Å². The Bertz CT molecular complexity index is 1450. The summed E-state index contributed by atoms with van der Waals surface area (Å²) in [6.45, 7) is 8.61. The highest BCUT2D eigenvalue weighted by Gasteiger charge is 2.41. The van der Waals surface area contributed by atoms with Crippen molar-refractivity contribution in [3.63, 3.8) is 0 Å². The number of amides is 2. The van der Waals surface area contributed by atoms with Crippen LogP contribution < -0.4 is 0 Å². The first kappa shape index (κ1) is 26.5. The predicted octanol–water partition coefficient (Wildman–Crippen LogP) is 4.43. The van der Waals surface area contributed by atoms with Crippen molar-refractivity contribution in [1.29, 1.82) is 0 Å². The van der Waals surface area contributed by atoms with Crippen LogP contribution in [0.15, 0.2) is 49.2 Å². The first-order chi connectivity index (χ1) is 18.5. The summed E-state index contributed by atoms with van der Waals surface area (Å²) in [5.74, 6) is -1.61. The lowest BCUT2D eigenvalue weighted by Crippen LogP contribution is -2.45. The molecule has 4 heterocycles. The van der Waals surface area contributed by atoms with E-state index in [9.17, 15) is 27.9 Å². The average molecular weight is 540 g/mol. The fourth-order valence-electron chi connectivity index (χ4n) is 5.33. The SMILES string of the molecule is C=CC(=O)N1CCc2nn(-c3ccc(C(C)C)cc3)c3c2[C@H](C1)N(C(=O)c1cnc(C(F)(F)F)c(O)c1)CC3. The summed E-state index contributed by atoms with van der Waals surface area (Å²) in [6.07, 6.45) is -1.89. The van der Waals surface area contributed by atoms with E-state index in [1.165, 1.54) is 16.5 Å². The maximum atomic E-state index is 13.6. The summed E-state index contributed by atoms with van der Waals surface area (Å²) in [4.78, 5) is 32.6. The molecular formula is C28H28F3N5O3. The lowest BCUT2D eigenvalue weighted by molar-refractivity contribution is -0.142. The second-order valence-corrected chi connectivity index (χ2v) is 10.1. The Kier molecular flexibility index (Phi) is 6.69. The molecule has 0 saturated carbocycles. The maximum absolute atomic E-state index is 13.6. The number of carbonyl (C=O) groups excluding carboxylic acids is 2. The standard InChI is InChI=1S/C28H28F3N5O3/c1-4-24(38)34-11-9-20-25-21(36(33-20)19-7-5-17(6-8-19)16(2)3)10-12-35(22(25)15-34)27(39)18-13-23(37)26(32-14-18)28(29,30)31/h4-8,13-14,16,22,37H,1,9-12,15H2,2-3H3/t22-/m0/s1. The van der Waals surface area contributed by atoms with Crippen LogP contribution in [0.4, 0.5) is 13.2 Å². The molecule has 2 aliphatic heterocycles. The molecule has 2 aliphatic rings. The van der Waals surface area contributed by atoms with E-state index in [-0.39, 0.29) is 24.6 Å². The van der Waals surface area contributed by atoms with E-state index in [2.05, 4.69) is 37.5 Å². The van der Waals surface area contributed by atoms with Crippen molar-refractivity contribution in [3.05, 3.63) is 83.0 Å². The zero-order chi connectivity index (χ0) is 28.1. The Morgan fingerprint density at radius 1 is 1.15 bits per heavy atom. The highest BCUT2D eigenvalue weighted by atomic mass is 19.4. The molecule has 39 heavy (non-hydrogen) atoms. The molecule has 2 amide bonds. The fraction of sp³-hybridized carbons (Fsp3) is 0.357. The van der Waals surface area contributed by atoms with Gasteiger partial charge in [-0.1, -0.05) is 32.6 Å². The van der Waals surface area contributed by atoms with Crippen molar-refractivity contribution < 1.29 is 27.9 Å². The van der Waals surface area contributed by atoms with E-state index in [0.29, 0.717) is 25.3 Å². The van der Waals surface area contributed by atoms with Crippen LogP contribution in [0.25, 0.3) is 5.69 Å². The molecule has 0 spiro atoms. The molecule has 2 aromatic heterocycles. The Hall–Kier alpha value is -4.15. The summed E-state index contributed by atoms with van der Waals surface area (Å²) in [7, 11) is 0. The summed E-state index contributed by atoms with van der Waals surface area (Å²) >= 11 is 0. The molecule has 11 heteroatoms. The lowest BCUT2D eigenvalue weighted by Gasteiger charge is -2.37. The number of rotatable bonds is 4. The molecule has 1 aromatic carbocycles. The Morgan fingerprint density at radius 3 is 2.49 bits per heavy atom. The van der Waals surface area contributed by atoms with E-state index in [0.717, 1.165) is 34.9 Å². The molecule has 0 aliphatic carbocycles. The number of aromatic nitrogens is 3. The van der Waals surface area contributed by atoms with Crippen LogP contribution >= 0.6 is 0 Å². The van der Waals surface area contributed by atoms with Gasteiger partial charge in [-0.3, -0.25) is 9.59 Å². The Balaban J connectivity index is 1.55. The van der Waals surface area contributed by atoms with Gasteiger partial charge in [-0.15, -0.1) is 0 Å². The number of hydrogen-bond acceptors (Lipinski definition) is 5. The highest BCUT2D eigenvalue weighted by Crippen LogP contribution is 2.39. The van der Waals surface area contributed by atoms with E-state index >= 15 is 0 Å². The van der Waals surface area contributed by atoms with Crippen molar-refractivity contribution in [3.8, 4) is 11.4 Å². The minimum Gasteiger partial charge on any atom is -0.506 e. The van der Waals surface area contributed by atoms with Gasteiger partial charge in [0.05, 0.1) is 28.7 Å². The molecule has 204 valence electrons. The number of carbonyl (C=O) groups is 2. The van der Waals surface area contributed by atoms with Gasteiger partial charge in [-0.2, -0.15) is 18.3 Å². The molecule has 3 aromatic rings. The molecular weight excluding hydrogens is 511 g/mol. The van der Waals surface area contributed by atoms with Gasteiger partial charge in [-0.25, -0.2) is 9.67 Å². The Morgan fingerprint density at radius 2 is 1.87 bits per heavy atom. The number of alkyl halides is 3. The number of aromatic hydroxyl groups is 1. The fourth-order valence-corrected chi connectivity index (χ4v) is 5.33. The van der Waals surface area contributed by atoms with Gasteiger partial charge < -0.3 is 14.9 Å². The highest BCUT2D eigenvalue weighted by molar-refractivity contribution is 5.95. The van der Waals surface area contributed by atoms with Crippen LogP contribution in [0.1, 0.15) is 64.4 Å². The summed E-state index contributed by atoms with van der Waals surface area (Å²) in [5, 5.41) is 14.8. The van der Waals surface area contributed by atoms with Crippen LogP contribution in [0.2, 0.25) is 0 Å². The van der Waals surface area contributed by atoms with Gasteiger partial charge in [0.15, 0.2) is 5.69 Å². The minimum atomic E-state index is -4.85. The van der Waals surface area contributed by atoms with Crippen LogP contribution in [0, 0.1) is 0 Å². The first-order valence-electron chi connectivity index (χ1n) is 12.7. The van der Waals surface area contributed by atoms with Gasteiger partial charge in [0.2, 0.25) is 5.91 Å². The molecule has 0 saturated heterocycles. The van der Waals surface area contributed by atoms with Gasteiger partial charge in [-0.05, 0) is 35.8 Å². The second-order valence-electron chi connectivity index (χ2n) is 10.1.